The maximum Gasteiger partial charge on any atom is 0.310 e. The van der Waals surface area contributed by atoms with E-state index in [9.17, 15) is 9.59 Å². The van der Waals surface area contributed by atoms with Crippen LogP contribution < -0.4 is 5.73 Å². The molecule has 0 bridgehead atoms. The fourth-order valence-electron chi connectivity index (χ4n) is 2.16. The van der Waals surface area contributed by atoms with Crippen LogP contribution in [0.1, 0.15) is 30.3 Å². The van der Waals surface area contributed by atoms with E-state index in [1.807, 2.05) is 0 Å². The van der Waals surface area contributed by atoms with Crippen LogP contribution in [0, 0.1) is 5.92 Å². The quantitative estimate of drug-likeness (QED) is 0.733. The largest absolute Gasteiger partial charge is 0.466 e. The van der Waals surface area contributed by atoms with Gasteiger partial charge in [-0.25, -0.2) is 0 Å². The lowest BCUT2D eigenvalue weighted by atomic mass is 9.98. The van der Waals surface area contributed by atoms with Crippen LogP contribution in [0.5, 0.6) is 0 Å². The number of nitrogen functional groups attached to an aromatic ring is 1. The molecule has 2 heterocycles. The van der Waals surface area contributed by atoms with E-state index in [1.165, 1.54) is 0 Å². The van der Waals surface area contributed by atoms with Crippen molar-refractivity contribution in [3.8, 4) is 0 Å². The number of hydrogen-bond acceptors (Lipinski definition) is 6. The smallest absolute Gasteiger partial charge is 0.310 e. The van der Waals surface area contributed by atoms with E-state index in [1.54, 1.807) is 11.8 Å². The van der Waals surface area contributed by atoms with Crippen molar-refractivity contribution < 1.29 is 14.3 Å². The molecule has 0 aliphatic carbocycles. The van der Waals surface area contributed by atoms with Gasteiger partial charge in [0.05, 0.1) is 12.5 Å². The lowest BCUT2D eigenvalue weighted by molar-refractivity contribution is -0.149. The Kier molecular flexibility index (Phi) is 3.98. The van der Waals surface area contributed by atoms with Crippen LogP contribution in [0.25, 0.3) is 0 Å². The number of piperidine rings is 1. The Labute approximate surface area is 110 Å². The van der Waals surface area contributed by atoms with Gasteiger partial charge < -0.3 is 15.4 Å². The molecule has 1 aromatic heterocycles. The molecule has 104 valence electrons. The minimum Gasteiger partial charge on any atom is -0.466 e. The minimum absolute atomic E-state index is 0.0725. The van der Waals surface area contributed by atoms with E-state index in [0.717, 1.165) is 12.8 Å². The van der Waals surface area contributed by atoms with Gasteiger partial charge in [-0.3, -0.25) is 9.59 Å². The summed E-state index contributed by atoms with van der Waals surface area (Å²) >= 11 is 0. The number of anilines is 1. The monoisotopic (exact) mass is 267 g/mol. The number of esters is 1. The summed E-state index contributed by atoms with van der Waals surface area (Å²) in [4.78, 5) is 25.4. The average molecular weight is 267 g/mol. The number of nitrogens with zero attached hydrogens (tertiary/aromatic N) is 3. The fourth-order valence-corrected chi connectivity index (χ4v) is 2.16. The van der Waals surface area contributed by atoms with Crippen LogP contribution in [0.3, 0.4) is 0 Å². The molecule has 0 aromatic carbocycles. The Morgan fingerprint density at radius 3 is 2.95 bits per heavy atom. The highest BCUT2D eigenvalue weighted by molar-refractivity contribution is 5.96. The Hall–Kier alpha value is -2.12. The topological polar surface area (TPSA) is 114 Å². The van der Waals surface area contributed by atoms with Crippen LogP contribution in [0.4, 0.5) is 5.82 Å². The Morgan fingerprint density at radius 2 is 2.32 bits per heavy atom. The van der Waals surface area contributed by atoms with Crippen molar-refractivity contribution in [2.75, 3.05) is 25.4 Å². The standard InChI is InChI=1S/C11H17N5O3/c1-2-19-11(18)7-4-3-5-16(6-7)10(17)8-9(12)14-15-13-8/h7H,2-6H2,1H3,(H3,12,13,14,15). The Balaban J connectivity index is 2.03. The summed E-state index contributed by atoms with van der Waals surface area (Å²) in [6.45, 7) is 3.03. The lowest BCUT2D eigenvalue weighted by Gasteiger charge is -2.30. The second-order valence-corrected chi connectivity index (χ2v) is 4.40. The lowest BCUT2D eigenvalue weighted by Crippen LogP contribution is -2.43. The van der Waals surface area contributed by atoms with E-state index in [2.05, 4.69) is 15.4 Å². The number of ether oxygens (including phenoxy) is 1. The summed E-state index contributed by atoms with van der Waals surface area (Å²) < 4.78 is 4.99. The summed E-state index contributed by atoms with van der Waals surface area (Å²) in [5, 5.41) is 9.66. The van der Waals surface area contributed by atoms with Crippen LogP contribution in [-0.4, -0.2) is 51.9 Å². The first kappa shape index (κ1) is 13.3. The van der Waals surface area contributed by atoms with Crippen molar-refractivity contribution in [3.63, 3.8) is 0 Å². The first-order valence-electron chi connectivity index (χ1n) is 6.25. The van der Waals surface area contributed by atoms with E-state index >= 15 is 0 Å². The Bertz CT molecular complexity index is 473. The maximum absolute atomic E-state index is 12.2. The first-order chi connectivity index (χ1) is 9.13. The van der Waals surface area contributed by atoms with E-state index in [4.69, 9.17) is 10.5 Å². The molecule has 19 heavy (non-hydrogen) atoms. The molecule has 1 amide bonds. The first-order valence-corrected chi connectivity index (χ1v) is 6.25. The fraction of sp³-hybridized carbons (Fsp3) is 0.636. The van der Waals surface area contributed by atoms with E-state index in [0.29, 0.717) is 19.7 Å². The van der Waals surface area contributed by atoms with Gasteiger partial charge in [0, 0.05) is 13.1 Å². The summed E-state index contributed by atoms with van der Waals surface area (Å²) in [6, 6.07) is 0. The number of amides is 1. The van der Waals surface area contributed by atoms with Gasteiger partial charge in [-0.2, -0.15) is 5.21 Å². The molecule has 1 fully saturated rings. The number of H-pyrrole nitrogens is 1. The molecule has 0 radical (unpaired) electrons. The molecule has 3 N–H and O–H groups in total. The molecule has 2 rings (SSSR count). The van der Waals surface area contributed by atoms with Crippen LogP contribution >= 0.6 is 0 Å². The second-order valence-electron chi connectivity index (χ2n) is 4.40. The molecule has 8 nitrogen and oxygen atoms in total. The Morgan fingerprint density at radius 1 is 1.53 bits per heavy atom. The zero-order chi connectivity index (χ0) is 13.8. The molecule has 1 aliphatic heterocycles. The molecule has 1 unspecified atom stereocenters. The van der Waals surface area contributed by atoms with Crippen LogP contribution in [0.2, 0.25) is 0 Å². The second kappa shape index (κ2) is 5.68. The molecule has 8 heteroatoms. The zero-order valence-corrected chi connectivity index (χ0v) is 10.8. The van der Waals surface area contributed by atoms with Gasteiger partial charge in [-0.05, 0) is 19.8 Å². The normalized spacial score (nSPS) is 19.2. The van der Waals surface area contributed by atoms with Gasteiger partial charge >= 0.3 is 5.97 Å². The SMILES string of the molecule is CCOC(=O)C1CCCN(C(=O)c2n[nH]nc2N)C1. The molecule has 1 aliphatic rings. The highest BCUT2D eigenvalue weighted by atomic mass is 16.5. The maximum atomic E-state index is 12.2. The third-order valence-corrected chi connectivity index (χ3v) is 3.11. The van der Waals surface area contributed by atoms with E-state index in [-0.39, 0.29) is 29.3 Å². The van der Waals surface area contributed by atoms with Gasteiger partial charge in [0.25, 0.3) is 5.91 Å². The van der Waals surface area contributed by atoms with Crippen molar-refractivity contribution in [3.05, 3.63) is 5.69 Å². The van der Waals surface area contributed by atoms with Gasteiger partial charge in [0.15, 0.2) is 11.5 Å². The number of nitrogens with one attached hydrogen (secondary N) is 1. The summed E-state index contributed by atoms with van der Waals surface area (Å²) in [6.07, 6.45) is 1.49. The summed E-state index contributed by atoms with van der Waals surface area (Å²) in [5.74, 6) is -0.762. The minimum atomic E-state index is -0.305. The third kappa shape index (κ3) is 2.83. The number of nitrogens with two attached hydrogens (primary N) is 1. The van der Waals surface area contributed by atoms with Crippen molar-refractivity contribution in [2.24, 2.45) is 5.92 Å². The number of carbonyl (C=O) groups excluding carboxylic acids is 2. The molecular weight excluding hydrogens is 250 g/mol. The summed E-state index contributed by atoms with van der Waals surface area (Å²) in [5.41, 5.74) is 5.65. The number of likely N-dealkylation sites (tertiary alicyclic amines) is 1. The molecule has 0 saturated carbocycles. The van der Waals surface area contributed by atoms with Crippen LogP contribution in [-0.2, 0) is 9.53 Å². The van der Waals surface area contributed by atoms with Gasteiger partial charge in [-0.15, -0.1) is 10.2 Å². The van der Waals surface area contributed by atoms with Gasteiger partial charge in [0.1, 0.15) is 0 Å². The highest BCUT2D eigenvalue weighted by Crippen LogP contribution is 2.20. The highest BCUT2D eigenvalue weighted by Gasteiger charge is 2.31. The molecule has 0 spiro atoms. The van der Waals surface area contributed by atoms with Crippen LogP contribution in [0.15, 0.2) is 0 Å². The third-order valence-electron chi connectivity index (χ3n) is 3.11. The number of aromatic amines is 1. The predicted molar refractivity (Wildman–Crippen MR) is 66.1 cm³/mol. The van der Waals surface area contributed by atoms with Gasteiger partial charge in [0.2, 0.25) is 0 Å². The molecule has 1 atom stereocenters. The van der Waals surface area contributed by atoms with Crippen molar-refractivity contribution >= 4 is 17.7 Å². The molecule has 1 aromatic rings. The van der Waals surface area contributed by atoms with Crippen molar-refractivity contribution in [2.45, 2.75) is 19.8 Å². The molecule has 1 saturated heterocycles. The number of aromatic nitrogens is 3. The van der Waals surface area contributed by atoms with Gasteiger partial charge in [-0.1, -0.05) is 0 Å². The number of rotatable bonds is 3. The zero-order valence-electron chi connectivity index (χ0n) is 10.8. The van der Waals surface area contributed by atoms with Crippen molar-refractivity contribution in [1.29, 1.82) is 0 Å². The predicted octanol–water partition coefficient (Wildman–Crippen LogP) is -0.198. The summed E-state index contributed by atoms with van der Waals surface area (Å²) in [7, 11) is 0. The average Bonchev–Trinajstić information content (AvgIpc) is 2.84. The van der Waals surface area contributed by atoms with E-state index < -0.39 is 0 Å². The number of carbonyl (C=O) groups is 2. The molecular formula is C11H17N5O3. The number of hydrogen-bond donors (Lipinski definition) is 2. The van der Waals surface area contributed by atoms with Crippen molar-refractivity contribution in [1.82, 2.24) is 20.3 Å².